The van der Waals surface area contributed by atoms with Crippen LogP contribution in [0.15, 0.2) is 30.3 Å². The van der Waals surface area contributed by atoms with Crippen LogP contribution in [0.2, 0.25) is 0 Å². The van der Waals surface area contributed by atoms with Gasteiger partial charge in [-0.25, -0.2) is 10.9 Å². The molecule has 0 radical (unpaired) electrons. The van der Waals surface area contributed by atoms with Gasteiger partial charge in [-0.2, -0.15) is 0 Å². The molecule has 138 valence electrons. The summed E-state index contributed by atoms with van der Waals surface area (Å²) in [5, 5.41) is 3.05. The normalized spacial score (nSPS) is 27.6. The fourth-order valence-corrected chi connectivity index (χ4v) is 3.56. The second-order valence-corrected chi connectivity index (χ2v) is 7.43. The Hall–Kier alpha value is -1.47. The fraction of sp³-hybridized carbons (Fsp3) is 0.632. The maximum atomic E-state index is 12.4. The maximum absolute atomic E-state index is 12.4. The largest absolute Gasteiger partial charge is 0.374 e. The first-order chi connectivity index (χ1) is 12.1. The lowest BCUT2D eigenvalue weighted by Gasteiger charge is -2.34. The van der Waals surface area contributed by atoms with Crippen LogP contribution in [-0.2, 0) is 9.53 Å². The quantitative estimate of drug-likeness (QED) is 0.719. The minimum atomic E-state index is -0.208. The third-order valence-electron chi connectivity index (χ3n) is 4.77. The molecule has 3 atom stereocenters. The molecule has 1 aromatic carbocycles. The average Bonchev–Trinajstić information content (AvgIpc) is 3.10. The zero-order valence-electron chi connectivity index (χ0n) is 15.2. The number of amides is 1. The number of hydrogen-bond acceptors (Lipinski definition) is 5. The van der Waals surface area contributed by atoms with Gasteiger partial charge in [-0.05, 0) is 17.9 Å². The summed E-state index contributed by atoms with van der Waals surface area (Å²) < 4.78 is 5.80. The number of nitrogens with zero attached hydrogens (tertiary/aromatic N) is 1. The standard InChI is InChI=1S/C19H30N4O2/c1-14(2)12-23-8-9-25-16(13-23)11-20-19(24)18-10-17(21-22-18)15-6-4-3-5-7-15/h3-7,14,16-18,21-22H,8-13H2,1-2H3,(H,20,24). The van der Waals surface area contributed by atoms with Crippen molar-refractivity contribution in [1.29, 1.82) is 0 Å². The van der Waals surface area contributed by atoms with Crippen LogP contribution in [0.3, 0.4) is 0 Å². The van der Waals surface area contributed by atoms with Gasteiger partial charge in [0, 0.05) is 32.2 Å². The number of nitrogens with one attached hydrogen (secondary N) is 3. The van der Waals surface area contributed by atoms with Crippen molar-refractivity contribution in [2.24, 2.45) is 5.92 Å². The molecule has 2 saturated heterocycles. The molecule has 3 N–H and O–H groups in total. The van der Waals surface area contributed by atoms with Crippen LogP contribution in [0.5, 0.6) is 0 Å². The molecule has 0 saturated carbocycles. The SMILES string of the molecule is CC(C)CN1CCOC(CNC(=O)C2CC(c3ccccc3)NN2)C1. The van der Waals surface area contributed by atoms with Gasteiger partial charge in [-0.3, -0.25) is 9.69 Å². The van der Waals surface area contributed by atoms with Crippen LogP contribution < -0.4 is 16.2 Å². The van der Waals surface area contributed by atoms with Crippen molar-refractivity contribution in [2.75, 3.05) is 32.8 Å². The van der Waals surface area contributed by atoms with Crippen molar-refractivity contribution in [3.05, 3.63) is 35.9 Å². The minimum absolute atomic E-state index is 0.0375. The van der Waals surface area contributed by atoms with Crippen LogP contribution in [0, 0.1) is 5.92 Å². The van der Waals surface area contributed by atoms with E-state index < -0.39 is 0 Å². The van der Waals surface area contributed by atoms with E-state index in [1.807, 2.05) is 18.2 Å². The first-order valence-corrected chi connectivity index (χ1v) is 9.29. The zero-order valence-corrected chi connectivity index (χ0v) is 15.2. The topological polar surface area (TPSA) is 65.6 Å². The zero-order chi connectivity index (χ0) is 17.6. The van der Waals surface area contributed by atoms with Crippen molar-refractivity contribution < 1.29 is 9.53 Å². The molecule has 0 spiro atoms. The molecular weight excluding hydrogens is 316 g/mol. The maximum Gasteiger partial charge on any atom is 0.238 e. The van der Waals surface area contributed by atoms with Crippen molar-refractivity contribution in [2.45, 2.75) is 38.5 Å². The van der Waals surface area contributed by atoms with Gasteiger partial charge in [0.1, 0.15) is 6.04 Å². The first kappa shape index (κ1) is 18.3. The third kappa shape index (κ3) is 5.25. The minimum Gasteiger partial charge on any atom is -0.374 e. The van der Waals surface area contributed by atoms with Gasteiger partial charge in [0.15, 0.2) is 0 Å². The third-order valence-corrected chi connectivity index (χ3v) is 4.77. The average molecular weight is 346 g/mol. The van der Waals surface area contributed by atoms with E-state index in [0.717, 1.165) is 32.7 Å². The summed E-state index contributed by atoms with van der Waals surface area (Å²) in [7, 11) is 0. The van der Waals surface area contributed by atoms with Crippen LogP contribution in [-0.4, -0.2) is 55.7 Å². The smallest absolute Gasteiger partial charge is 0.238 e. The number of rotatable bonds is 6. The molecule has 2 aliphatic heterocycles. The summed E-state index contributed by atoms with van der Waals surface area (Å²) in [6.45, 7) is 8.73. The predicted octanol–water partition coefficient (Wildman–Crippen LogP) is 1.07. The Balaban J connectivity index is 1.42. The van der Waals surface area contributed by atoms with E-state index in [-0.39, 0.29) is 24.1 Å². The Morgan fingerprint density at radius 3 is 2.88 bits per heavy atom. The Labute approximate surface area is 150 Å². The number of morpholine rings is 1. The number of ether oxygens (including phenoxy) is 1. The number of carbonyl (C=O) groups excluding carboxylic acids is 1. The van der Waals surface area contributed by atoms with E-state index in [4.69, 9.17) is 4.74 Å². The molecule has 25 heavy (non-hydrogen) atoms. The number of carbonyl (C=O) groups is 1. The number of hydrazine groups is 1. The molecule has 6 heteroatoms. The molecular formula is C19H30N4O2. The predicted molar refractivity (Wildman–Crippen MR) is 97.9 cm³/mol. The summed E-state index contributed by atoms with van der Waals surface area (Å²) in [6, 6.07) is 10.2. The monoisotopic (exact) mass is 346 g/mol. The van der Waals surface area contributed by atoms with E-state index >= 15 is 0 Å². The summed E-state index contributed by atoms with van der Waals surface area (Å²) in [5.41, 5.74) is 7.53. The van der Waals surface area contributed by atoms with Crippen LogP contribution >= 0.6 is 0 Å². The first-order valence-electron chi connectivity index (χ1n) is 9.29. The molecule has 0 aromatic heterocycles. The molecule has 2 heterocycles. The second-order valence-electron chi connectivity index (χ2n) is 7.43. The van der Waals surface area contributed by atoms with Gasteiger partial charge >= 0.3 is 0 Å². The van der Waals surface area contributed by atoms with Crippen molar-refractivity contribution in [1.82, 2.24) is 21.1 Å². The molecule has 1 aromatic rings. The molecule has 2 aliphatic rings. The fourth-order valence-electron chi connectivity index (χ4n) is 3.56. The summed E-state index contributed by atoms with van der Waals surface area (Å²) >= 11 is 0. The van der Waals surface area contributed by atoms with Gasteiger partial charge in [0.25, 0.3) is 0 Å². The van der Waals surface area contributed by atoms with Crippen molar-refractivity contribution in [3.8, 4) is 0 Å². The molecule has 1 amide bonds. The molecule has 2 fully saturated rings. The Morgan fingerprint density at radius 2 is 2.12 bits per heavy atom. The van der Waals surface area contributed by atoms with Gasteiger partial charge in [0.05, 0.1) is 12.7 Å². The highest BCUT2D eigenvalue weighted by molar-refractivity contribution is 5.82. The van der Waals surface area contributed by atoms with Crippen LogP contribution in [0.25, 0.3) is 0 Å². The second kappa shape index (κ2) is 8.76. The Bertz CT molecular complexity index is 552. The molecule has 0 bridgehead atoms. The Morgan fingerprint density at radius 1 is 1.32 bits per heavy atom. The van der Waals surface area contributed by atoms with Gasteiger partial charge in [-0.15, -0.1) is 0 Å². The lowest BCUT2D eigenvalue weighted by Crippen LogP contribution is -2.51. The summed E-state index contributed by atoms with van der Waals surface area (Å²) in [5.74, 6) is 0.688. The highest BCUT2D eigenvalue weighted by Crippen LogP contribution is 2.21. The Kier molecular flexibility index (Phi) is 6.42. The van der Waals surface area contributed by atoms with E-state index in [1.165, 1.54) is 5.56 Å². The van der Waals surface area contributed by atoms with E-state index in [9.17, 15) is 4.79 Å². The molecule has 3 unspecified atom stereocenters. The van der Waals surface area contributed by atoms with Gasteiger partial charge in [-0.1, -0.05) is 44.2 Å². The van der Waals surface area contributed by atoms with Gasteiger partial charge in [0.2, 0.25) is 5.91 Å². The lowest BCUT2D eigenvalue weighted by molar-refractivity contribution is -0.124. The summed E-state index contributed by atoms with van der Waals surface area (Å²) in [6.07, 6.45) is 0.830. The van der Waals surface area contributed by atoms with Crippen LogP contribution in [0.1, 0.15) is 31.9 Å². The highest BCUT2D eigenvalue weighted by Gasteiger charge is 2.30. The summed E-state index contributed by atoms with van der Waals surface area (Å²) in [4.78, 5) is 14.9. The van der Waals surface area contributed by atoms with Crippen molar-refractivity contribution >= 4 is 5.91 Å². The van der Waals surface area contributed by atoms with E-state index in [2.05, 4.69) is 47.0 Å². The lowest BCUT2D eigenvalue weighted by atomic mass is 10.0. The molecule has 0 aliphatic carbocycles. The number of hydrogen-bond donors (Lipinski definition) is 3. The van der Waals surface area contributed by atoms with E-state index in [0.29, 0.717) is 12.5 Å². The number of benzene rings is 1. The molecule has 6 nitrogen and oxygen atoms in total. The van der Waals surface area contributed by atoms with E-state index in [1.54, 1.807) is 0 Å². The molecule has 3 rings (SSSR count). The van der Waals surface area contributed by atoms with Crippen molar-refractivity contribution in [3.63, 3.8) is 0 Å². The van der Waals surface area contributed by atoms with Crippen LogP contribution in [0.4, 0.5) is 0 Å². The highest BCUT2D eigenvalue weighted by atomic mass is 16.5. The van der Waals surface area contributed by atoms with Gasteiger partial charge < -0.3 is 10.1 Å².